The Morgan fingerprint density at radius 2 is 2.00 bits per heavy atom. The highest BCUT2D eigenvalue weighted by Gasteiger charge is 2.22. The molecule has 2 aromatic rings. The zero-order chi connectivity index (χ0) is 18.5. The van der Waals surface area contributed by atoms with Gasteiger partial charge in [-0.05, 0) is 73.4 Å². The lowest BCUT2D eigenvalue weighted by molar-refractivity contribution is 0.0986. The molecule has 6 nitrogen and oxygen atoms in total. The lowest BCUT2D eigenvalue weighted by Gasteiger charge is -2.26. The number of anilines is 2. The highest BCUT2D eigenvalue weighted by Crippen LogP contribution is 2.23. The van der Waals surface area contributed by atoms with Gasteiger partial charge in [0, 0.05) is 22.4 Å². The zero-order valence-electron chi connectivity index (χ0n) is 14.7. The third kappa shape index (κ3) is 4.50. The number of halogens is 1. The molecule has 0 bridgehead atoms. The average Bonchev–Trinajstić information content (AvgIpc) is 2.65. The zero-order valence-corrected chi connectivity index (χ0v) is 16.9. The molecular weight excluding hydrogens is 443 g/mol. The van der Waals surface area contributed by atoms with Crippen molar-refractivity contribution in [2.45, 2.75) is 44.8 Å². The molecule has 1 saturated carbocycles. The molecule has 2 N–H and O–H groups in total. The van der Waals surface area contributed by atoms with Crippen molar-refractivity contribution in [3.8, 4) is 0 Å². The quantitative estimate of drug-likeness (QED) is 0.661. The minimum Gasteiger partial charge on any atom is -0.393 e. The largest absolute Gasteiger partial charge is 0.393 e. The summed E-state index contributed by atoms with van der Waals surface area (Å²) in [6, 6.07) is 9.56. The molecule has 7 heteroatoms. The van der Waals surface area contributed by atoms with Gasteiger partial charge in [0.1, 0.15) is 5.82 Å². The Morgan fingerprint density at radius 3 is 2.69 bits per heavy atom. The number of nitrogens with one attached hydrogen (secondary N) is 1. The predicted octanol–water partition coefficient (Wildman–Crippen LogP) is 3.46. The van der Waals surface area contributed by atoms with E-state index in [0.29, 0.717) is 23.9 Å². The molecule has 1 amide bonds. The number of carbonyl (C=O) groups excluding carboxylic acids is 1. The van der Waals surface area contributed by atoms with Crippen molar-refractivity contribution < 1.29 is 9.90 Å². The maximum atomic E-state index is 12.9. The van der Waals surface area contributed by atoms with Crippen LogP contribution in [-0.2, 0) is 0 Å². The minimum atomic E-state index is -0.193. The fourth-order valence-corrected chi connectivity index (χ4v) is 3.78. The summed E-state index contributed by atoms with van der Waals surface area (Å²) in [4.78, 5) is 23.5. The number of carbonyl (C=O) groups is 1. The van der Waals surface area contributed by atoms with Gasteiger partial charge in [0.05, 0.1) is 11.7 Å². The maximum Gasteiger partial charge on any atom is 0.260 e. The molecule has 0 atom stereocenters. The van der Waals surface area contributed by atoms with Crippen molar-refractivity contribution in [2.75, 3.05) is 16.8 Å². The Balaban J connectivity index is 1.77. The van der Waals surface area contributed by atoms with Gasteiger partial charge in [-0.2, -0.15) is 4.98 Å². The number of hydrogen-bond acceptors (Lipinski definition) is 5. The fourth-order valence-electron chi connectivity index (χ4n) is 3.16. The lowest BCUT2D eigenvalue weighted by Crippen LogP contribution is -2.33. The van der Waals surface area contributed by atoms with Gasteiger partial charge in [0.25, 0.3) is 5.91 Å². The standard InChI is InChI=1S/C19H23IN4O2/c1-2-24(18(26)15-5-3-4-6-16(15)20)17-11-12-21-19(23-17)22-13-7-9-14(25)10-8-13/h3-6,11-14,25H,2,7-10H2,1H3,(H,21,22,23). The number of aliphatic hydroxyl groups is 1. The molecule has 3 rings (SSSR count). The summed E-state index contributed by atoms with van der Waals surface area (Å²) in [5.41, 5.74) is 0.671. The monoisotopic (exact) mass is 466 g/mol. The van der Waals surface area contributed by atoms with Crippen LogP contribution < -0.4 is 10.2 Å². The topological polar surface area (TPSA) is 78.4 Å². The Morgan fingerprint density at radius 1 is 1.27 bits per heavy atom. The molecule has 1 heterocycles. The first-order chi connectivity index (χ1) is 12.6. The van der Waals surface area contributed by atoms with Gasteiger partial charge < -0.3 is 10.4 Å². The molecule has 0 spiro atoms. The normalized spacial score (nSPS) is 19.8. The van der Waals surface area contributed by atoms with Gasteiger partial charge in [0.15, 0.2) is 0 Å². The molecule has 1 fully saturated rings. The van der Waals surface area contributed by atoms with Crippen molar-refractivity contribution in [3.05, 3.63) is 45.7 Å². The average molecular weight is 466 g/mol. The second-order valence-corrected chi connectivity index (χ2v) is 7.58. The highest BCUT2D eigenvalue weighted by atomic mass is 127. The van der Waals surface area contributed by atoms with Crippen molar-refractivity contribution in [1.29, 1.82) is 0 Å². The molecule has 0 aliphatic heterocycles. The summed E-state index contributed by atoms with van der Waals surface area (Å²) in [7, 11) is 0. The van der Waals surface area contributed by atoms with Gasteiger partial charge in [-0.15, -0.1) is 0 Å². The third-order valence-corrected chi connectivity index (χ3v) is 5.55. The smallest absolute Gasteiger partial charge is 0.260 e. The SMILES string of the molecule is CCN(C(=O)c1ccccc1I)c1ccnc(NC2CCC(O)CC2)n1. The summed E-state index contributed by atoms with van der Waals surface area (Å²) in [6.45, 7) is 2.46. The number of hydrogen-bond donors (Lipinski definition) is 2. The van der Waals surface area contributed by atoms with E-state index in [9.17, 15) is 9.90 Å². The van der Waals surface area contributed by atoms with Crippen molar-refractivity contribution in [3.63, 3.8) is 0 Å². The molecular formula is C19H23IN4O2. The van der Waals surface area contributed by atoms with Gasteiger partial charge in [0.2, 0.25) is 5.95 Å². The molecule has 0 unspecified atom stereocenters. The minimum absolute atomic E-state index is 0.0667. The van der Waals surface area contributed by atoms with Crippen molar-refractivity contribution >= 4 is 40.3 Å². The van der Waals surface area contributed by atoms with Crippen LogP contribution in [0.2, 0.25) is 0 Å². The molecule has 26 heavy (non-hydrogen) atoms. The highest BCUT2D eigenvalue weighted by molar-refractivity contribution is 14.1. The van der Waals surface area contributed by atoms with Gasteiger partial charge >= 0.3 is 0 Å². The first-order valence-corrected chi connectivity index (χ1v) is 10.0. The van der Waals surface area contributed by atoms with Crippen LogP contribution in [0.1, 0.15) is 43.0 Å². The van der Waals surface area contributed by atoms with Gasteiger partial charge in [-0.1, -0.05) is 12.1 Å². The van der Waals surface area contributed by atoms with E-state index in [-0.39, 0.29) is 18.1 Å². The number of benzene rings is 1. The molecule has 0 saturated heterocycles. The molecule has 1 aromatic heterocycles. The van der Waals surface area contributed by atoms with Crippen LogP contribution >= 0.6 is 22.6 Å². The van der Waals surface area contributed by atoms with E-state index < -0.39 is 0 Å². The summed E-state index contributed by atoms with van der Waals surface area (Å²) in [5.74, 6) is 1.05. The number of aromatic nitrogens is 2. The summed E-state index contributed by atoms with van der Waals surface area (Å²) >= 11 is 2.18. The molecule has 0 radical (unpaired) electrons. The van der Waals surface area contributed by atoms with Gasteiger partial charge in [-0.25, -0.2) is 4.98 Å². The van der Waals surface area contributed by atoms with E-state index in [0.717, 1.165) is 29.3 Å². The van der Waals surface area contributed by atoms with Crippen LogP contribution in [0.15, 0.2) is 36.5 Å². The second-order valence-electron chi connectivity index (χ2n) is 6.42. The van der Waals surface area contributed by atoms with E-state index >= 15 is 0 Å². The van der Waals surface area contributed by atoms with Crippen LogP contribution in [0, 0.1) is 3.57 Å². The summed E-state index contributed by atoms with van der Waals surface area (Å²) in [5, 5.41) is 13.0. The van der Waals surface area contributed by atoms with E-state index in [1.807, 2.05) is 31.2 Å². The van der Waals surface area contributed by atoms with Crippen molar-refractivity contribution in [2.24, 2.45) is 0 Å². The second kappa shape index (κ2) is 8.77. The Kier molecular flexibility index (Phi) is 6.42. The van der Waals surface area contributed by atoms with E-state index in [1.54, 1.807) is 17.2 Å². The number of rotatable bonds is 5. The van der Waals surface area contributed by atoms with Crippen LogP contribution in [0.25, 0.3) is 0 Å². The number of nitrogens with zero attached hydrogens (tertiary/aromatic N) is 3. The lowest BCUT2D eigenvalue weighted by atomic mass is 9.93. The van der Waals surface area contributed by atoms with E-state index in [4.69, 9.17) is 0 Å². The Hall–Kier alpha value is -1.74. The van der Waals surface area contributed by atoms with Gasteiger partial charge in [-0.3, -0.25) is 9.69 Å². The fraction of sp³-hybridized carbons (Fsp3) is 0.421. The molecule has 138 valence electrons. The third-order valence-electron chi connectivity index (χ3n) is 4.61. The number of amides is 1. The summed E-state index contributed by atoms with van der Waals surface area (Å²) < 4.78 is 0.918. The Labute approximate surface area is 167 Å². The van der Waals surface area contributed by atoms with Crippen LogP contribution in [0.3, 0.4) is 0 Å². The summed E-state index contributed by atoms with van der Waals surface area (Å²) in [6.07, 6.45) is 4.86. The Bertz CT molecular complexity index is 763. The molecule has 1 aliphatic carbocycles. The molecule has 1 aliphatic rings. The van der Waals surface area contributed by atoms with Crippen LogP contribution in [0.5, 0.6) is 0 Å². The van der Waals surface area contributed by atoms with Crippen LogP contribution in [-0.4, -0.2) is 39.7 Å². The van der Waals surface area contributed by atoms with Crippen LogP contribution in [0.4, 0.5) is 11.8 Å². The maximum absolute atomic E-state index is 12.9. The number of aliphatic hydroxyl groups excluding tert-OH is 1. The molecule has 1 aromatic carbocycles. The van der Waals surface area contributed by atoms with Crippen molar-refractivity contribution in [1.82, 2.24) is 9.97 Å². The van der Waals surface area contributed by atoms with E-state index in [2.05, 4.69) is 37.9 Å². The first kappa shape index (κ1) is 19.0. The first-order valence-electron chi connectivity index (χ1n) is 8.92. The predicted molar refractivity (Wildman–Crippen MR) is 110 cm³/mol. The van der Waals surface area contributed by atoms with E-state index in [1.165, 1.54) is 0 Å².